The predicted molar refractivity (Wildman–Crippen MR) is 121 cm³/mol. The van der Waals surface area contributed by atoms with Crippen molar-refractivity contribution in [1.29, 1.82) is 5.41 Å². The van der Waals surface area contributed by atoms with Gasteiger partial charge in [-0.2, -0.15) is 0 Å². The van der Waals surface area contributed by atoms with Crippen molar-refractivity contribution in [1.82, 2.24) is 10.2 Å². The van der Waals surface area contributed by atoms with Crippen molar-refractivity contribution in [2.24, 2.45) is 17.8 Å². The number of carbonyl (C=O) groups is 1. The Kier molecular flexibility index (Phi) is 8.20. The van der Waals surface area contributed by atoms with Gasteiger partial charge in [0.15, 0.2) is 5.96 Å². The molecule has 1 heterocycles. The van der Waals surface area contributed by atoms with E-state index in [0.717, 1.165) is 37.5 Å². The molecule has 164 valence electrons. The fourth-order valence-electron chi connectivity index (χ4n) is 6.19. The zero-order valence-electron chi connectivity index (χ0n) is 18.7. The van der Waals surface area contributed by atoms with Gasteiger partial charge in [-0.3, -0.25) is 15.1 Å². The number of likely N-dealkylation sites (N-methyl/N-ethyl adjacent to an activating group) is 1. The standard InChI is InChI=1S/C25H43N3O/c1-3-4-5-7-13-21-14-10-15-22(18-21)19-25(23(29)28(2)24(26)27-25)17-16-20-11-8-6-9-12-20/h3,20-22H,1,4-19H2,2H3,(H2,26,27)/t21-,22?,25-/m1/s1. The molecular formula is C25H43N3O. The molecule has 1 aliphatic heterocycles. The number of hydrogen-bond acceptors (Lipinski definition) is 2. The molecule has 3 aliphatic rings. The van der Waals surface area contributed by atoms with E-state index in [9.17, 15) is 4.79 Å². The zero-order chi connectivity index (χ0) is 20.7. The first kappa shape index (κ1) is 22.4. The molecule has 0 spiro atoms. The molecule has 2 aliphatic carbocycles. The Balaban J connectivity index is 1.59. The lowest BCUT2D eigenvalue weighted by atomic mass is 9.72. The summed E-state index contributed by atoms with van der Waals surface area (Å²) in [6.45, 7) is 3.83. The minimum atomic E-state index is -0.515. The van der Waals surface area contributed by atoms with Crippen LogP contribution in [-0.2, 0) is 4.79 Å². The van der Waals surface area contributed by atoms with Crippen molar-refractivity contribution in [3.63, 3.8) is 0 Å². The fourth-order valence-corrected chi connectivity index (χ4v) is 6.19. The SMILES string of the molecule is C=CCCCC[C@@H]1CCCC(C[C@@]2(CCC3CCCCC3)NC(=N)N(C)C2=O)C1. The van der Waals surface area contributed by atoms with Crippen LogP contribution in [0, 0.1) is 23.2 Å². The van der Waals surface area contributed by atoms with Crippen molar-refractivity contribution in [3.05, 3.63) is 12.7 Å². The molecule has 4 heteroatoms. The Labute approximate surface area is 178 Å². The van der Waals surface area contributed by atoms with Crippen molar-refractivity contribution in [2.45, 2.75) is 108 Å². The number of unbranched alkanes of at least 4 members (excludes halogenated alkanes) is 2. The molecule has 4 nitrogen and oxygen atoms in total. The van der Waals surface area contributed by atoms with Crippen molar-refractivity contribution in [3.8, 4) is 0 Å². The van der Waals surface area contributed by atoms with Crippen LogP contribution in [0.25, 0.3) is 0 Å². The van der Waals surface area contributed by atoms with Crippen molar-refractivity contribution < 1.29 is 4.79 Å². The molecule has 3 atom stereocenters. The Morgan fingerprint density at radius 1 is 1.07 bits per heavy atom. The van der Waals surface area contributed by atoms with Gasteiger partial charge in [0, 0.05) is 7.05 Å². The molecule has 3 fully saturated rings. The van der Waals surface area contributed by atoms with E-state index in [4.69, 9.17) is 5.41 Å². The molecule has 0 aromatic carbocycles. The third kappa shape index (κ3) is 5.86. The number of amides is 1. The fraction of sp³-hybridized carbons (Fsp3) is 0.840. The number of hydrogen-bond donors (Lipinski definition) is 2. The minimum absolute atomic E-state index is 0.145. The van der Waals surface area contributed by atoms with E-state index in [-0.39, 0.29) is 5.91 Å². The van der Waals surface area contributed by atoms with E-state index in [0.29, 0.717) is 11.9 Å². The maximum Gasteiger partial charge on any atom is 0.254 e. The number of carbonyl (C=O) groups excluding carboxylic acids is 1. The van der Waals surface area contributed by atoms with E-state index in [1.165, 1.54) is 77.0 Å². The van der Waals surface area contributed by atoms with Gasteiger partial charge in [-0.15, -0.1) is 6.58 Å². The van der Waals surface area contributed by atoms with Gasteiger partial charge in [-0.25, -0.2) is 0 Å². The third-order valence-electron chi connectivity index (χ3n) is 7.91. The zero-order valence-corrected chi connectivity index (χ0v) is 18.7. The summed E-state index contributed by atoms with van der Waals surface area (Å²) in [5.74, 6) is 2.67. The first-order chi connectivity index (χ1) is 14.0. The number of rotatable bonds is 10. The second-order valence-corrected chi connectivity index (χ2v) is 10.1. The van der Waals surface area contributed by atoms with Gasteiger partial charge in [0.2, 0.25) is 0 Å². The van der Waals surface area contributed by atoms with Crippen LogP contribution in [0.15, 0.2) is 12.7 Å². The highest BCUT2D eigenvalue weighted by molar-refractivity contribution is 6.07. The normalized spacial score (nSPS) is 31.1. The second kappa shape index (κ2) is 10.6. The van der Waals surface area contributed by atoms with Crippen LogP contribution in [0.3, 0.4) is 0 Å². The molecule has 0 radical (unpaired) electrons. The van der Waals surface area contributed by atoms with Gasteiger partial charge >= 0.3 is 0 Å². The summed E-state index contributed by atoms with van der Waals surface area (Å²) >= 11 is 0. The van der Waals surface area contributed by atoms with E-state index < -0.39 is 5.54 Å². The van der Waals surface area contributed by atoms with Gasteiger partial charge in [-0.05, 0) is 56.3 Å². The summed E-state index contributed by atoms with van der Waals surface area (Å²) in [6, 6.07) is 0. The first-order valence-electron chi connectivity index (χ1n) is 12.3. The highest BCUT2D eigenvalue weighted by Crippen LogP contribution is 2.40. The molecular weight excluding hydrogens is 358 g/mol. The quantitative estimate of drug-likeness (QED) is 0.347. The minimum Gasteiger partial charge on any atom is -0.342 e. The summed E-state index contributed by atoms with van der Waals surface area (Å²) in [5.41, 5.74) is -0.515. The van der Waals surface area contributed by atoms with E-state index in [2.05, 4.69) is 11.9 Å². The molecule has 29 heavy (non-hydrogen) atoms. The largest absolute Gasteiger partial charge is 0.342 e. The number of nitrogens with zero attached hydrogens (tertiary/aromatic N) is 1. The van der Waals surface area contributed by atoms with Crippen LogP contribution in [0.2, 0.25) is 0 Å². The van der Waals surface area contributed by atoms with Gasteiger partial charge in [0.05, 0.1) is 0 Å². The van der Waals surface area contributed by atoms with E-state index in [1.807, 2.05) is 6.08 Å². The molecule has 0 aromatic rings. The van der Waals surface area contributed by atoms with Gasteiger partial charge in [0.1, 0.15) is 5.54 Å². The van der Waals surface area contributed by atoms with Crippen molar-refractivity contribution in [2.75, 3.05) is 7.05 Å². The second-order valence-electron chi connectivity index (χ2n) is 10.1. The van der Waals surface area contributed by atoms with Crippen LogP contribution >= 0.6 is 0 Å². The molecule has 1 amide bonds. The summed E-state index contributed by atoms with van der Waals surface area (Å²) in [4.78, 5) is 14.8. The molecule has 0 bridgehead atoms. The van der Waals surface area contributed by atoms with Gasteiger partial charge in [0.25, 0.3) is 5.91 Å². The van der Waals surface area contributed by atoms with Crippen LogP contribution in [-0.4, -0.2) is 29.4 Å². The first-order valence-corrected chi connectivity index (χ1v) is 12.3. The van der Waals surface area contributed by atoms with Crippen LogP contribution in [0.5, 0.6) is 0 Å². The summed E-state index contributed by atoms with van der Waals surface area (Å²) in [5, 5.41) is 11.6. The lowest BCUT2D eigenvalue weighted by molar-refractivity contribution is -0.131. The average Bonchev–Trinajstić information content (AvgIpc) is 2.95. The number of guanidine groups is 1. The molecule has 2 N–H and O–H groups in total. The third-order valence-corrected chi connectivity index (χ3v) is 7.91. The average molecular weight is 402 g/mol. The summed E-state index contributed by atoms with van der Waals surface area (Å²) < 4.78 is 0. The van der Waals surface area contributed by atoms with Crippen LogP contribution < -0.4 is 5.32 Å². The highest BCUT2D eigenvalue weighted by Gasteiger charge is 2.49. The van der Waals surface area contributed by atoms with Crippen molar-refractivity contribution >= 4 is 11.9 Å². The highest BCUT2D eigenvalue weighted by atomic mass is 16.2. The molecule has 1 unspecified atom stereocenters. The topological polar surface area (TPSA) is 56.2 Å². The maximum atomic E-state index is 13.2. The van der Waals surface area contributed by atoms with Crippen LogP contribution in [0.4, 0.5) is 0 Å². The number of allylic oxidation sites excluding steroid dienone is 1. The molecule has 1 saturated heterocycles. The molecule has 2 saturated carbocycles. The summed E-state index contributed by atoms with van der Waals surface area (Å²) in [7, 11) is 1.77. The molecule has 3 rings (SSSR count). The Morgan fingerprint density at radius 3 is 2.48 bits per heavy atom. The lowest BCUT2D eigenvalue weighted by Crippen LogP contribution is -2.49. The van der Waals surface area contributed by atoms with Gasteiger partial charge in [-0.1, -0.05) is 70.3 Å². The Bertz CT molecular complexity index is 568. The molecule has 0 aromatic heterocycles. The van der Waals surface area contributed by atoms with E-state index in [1.54, 1.807) is 11.9 Å². The Hall–Kier alpha value is -1.32. The smallest absolute Gasteiger partial charge is 0.254 e. The maximum absolute atomic E-state index is 13.2. The van der Waals surface area contributed by atoms with E-state index >= 15 is 0 Å². The van der Waals surface area contributed by atoms with Crippen LogP contribution in [0.1, 0.15) is 103 Å². The monoisotopic (exact) mass is 401 g/mol. The Morgan fingerprint density at radius 2 is 1.79 bits per heavy atom. The van der Waals surface area contributed by atoms with Gasteiger partial charge < -0.3 is 5.32 Å². The predicted octanol–water partition coefficient (Wildman–Crippen LogP) is 6.02. The lowest BCUT2D eigenvalue weighted by Gasteiger charge is -2.36. The number of nitrogens with one attached hydrogen (secondary N) is 2. The summed E-state index contributed by atoms with van der Waals surface area (Å²) in [6.07, 6.45) is 21.9.